The lowest BCUT2D eigenvalue weighted by Crippen LogP contribution is -2.29. The molecule has 1 aromatic carbocycles. The summed E-state index contributed by atoms with van der Waals surface area (Å²) in [6.45, 7) is 2.01. The predicted molar refractivity (Wildman–Crippen MR) is 100 cm³/mol. The first-order valence-electron chi connectivity index (χ1n) is 7.53. The van der Waals surface area contributed by atoms with Gasteiger partial charge in [0, 0.05) is 5.69 Å². The number of hydrogen-bond donors (Lipinski definition) is 1. The number of fused-ring (bicyclic) bond motifs is 1. The molecule has 0 aliphatic carbocycles. The number of thiophene rings is 1. The van der Waals surface area contributed by atoms with Crippen LogP contribution in [0, 0.1) is 0 Å². The first-order chi connectivity index (χ1) is 11.6. The number of rotatable bonds is 5. The van der Waals surface area contributed by atoms with Crippen LogP contribution in [0.1, 0.15) is 12.5 Å². The molecule has 3 rings (SSSR count). The van der Waals surface area contributed by atoms with E-state index in [1.807, 2.05) is 42.0 Å². The molecule has 0 radical (unpaired) electrons. The van der Waals surface area contributed by atoms with E-state index in [1.165, 1.54) is 27.7 Å². The van der Waals surface area contributed by atoms with Crippen LogP contribution in [0.4, 0.5) is 5.69 Å². The smallest absolute Gasteiger partial charge is 0.272 e. The van der Waals surface area contributed by atoms with Crippen LogP contribution in [0.2, 0.25) is 0 Å². The van der Waals surface area contributed by atoms with Gasteiger partial charge in [0.2, 0.25) is 5.91 Å². The van der Waals surface area contributed by atoms with E-state index in [-0.39, 0.29) is 18.0 Å². The van der Waals surface area contributed by atoms with Gasteiger partial charge in [-0.2, -0.15) is 0 Å². The lowest BCUT2D eigenvalue weighted by atomic mass is 10.1. The molecule has 7 heteroatoms. The summed E-state index contributed by atoms with van der Waals surface area (Å²) in [6.07, 6.45) is 2.75. The molecule has 0 fully saturated rings. The van der Waals surface area contributed by atoms with Crippen LogP contribution in [-0.4, -0.2) is 21.7 Å². The SMILES string of the molecule is CCc1cccc(NC(=O)Cn2c(SC)nc3ccsc3c2=O)c1. The van der Waals surface area contributed by atoms with Gasteiger partial charge >= 0.3 is 0 Å². The van der Waals surface area contributed by atoms with Gasteiger partial charge in [0.15, 0.2) is 5.16 Å². The van der Waals surface area contributed by atoms with Gasteiger partial charge in [-0.15, -0.1) is 11.3 Å². The van der Waals surface area contributed by atoms with Crippen molar-refractivity contribution in [3.05, 3.63) is 51.6 Å². The van der Waals surface area contributed by atoms with E-state index in [1.54, 1.807) is 0 Å². The third-order valence-electron chi connectivity index (χ3n) is 3.63. The van der Waals surface area contributed by atoms with E-state index in [2.05, 4.69) is 17.2 Å². The Morgan fingerprint density at radius 3 is 2.96 bits per heavy atom. The Kier molecular flexibility index (Phi) is 5.01. The summed E-state index contributed by atoms with van der Waals surface area (Å²) in [4.78, 5) is 29.4. The van der Waals surface area contributed by atoms with Crippen molar-refractivity contribution >= 4 is 44.9 Å². The zero-order valence-corrected chi connectivity index (χ0v) is 15.0. The number of nitrogens with zero attached hydrogens (tertiary/aromatic N) is 2. The average molecular weight is 359 g/mol. The zero-order chi connectivity index (χ0) is 17.1. The summed E-state index contributed by atoms with van der Waals surface area (Å²) in [7, 11) is 0. The topological polar surface area (TPSA) is 64.0 Å². The standard InChI is InChI=1S/C17H17N3O2S2/c1-3-11-5-4-6-12(9-11)18-14(21)10-20-16(22)15-13(7-8-24-15)19-17(20)23-2/h4-9H,3,10H2,1-2H3,(H,18,21). The van der Waals surface area contributed by atoms with Gasteiger partial charge in [0.25, 0.3) is 5.56 Å². The van der Waals surface area contributed by atoms with Crippen molar-refractivity contribution in [2.24, 2.45) is 0 Å². The number of carbonyl (C=O) groups is 1. The Labute approximate surface area is 147 Å². The quantitative estimate of drug-likeness (QED) is 0.560. The van der Waals surface area contributed by atoms with Crippen molar-refractivity contribution in [2.45, 2.75) is 25.0 Å². The molecule has 124 valence electrons. The Hall–Kier alpha value is -2.12. The minimum Gasteiger partial charge on any atom is -0.325 e. The maximum absolute atomic E-state index is 12.6. The summed E-state index contributed by atoms with van der Waals surface area (Å²) < 4.78 is 2.01. The van der Waals surface area contributed by atoms with Crippen molar-refractivity contribution in [1.29, 1.82) is 0 Å². The molecule has 0 atom stereocenters. The number of anilines is 1. The number of thioether (sulfide) groups is 1. The number of amides is 1. The molecule has 24 heavy (non-hydrogen) atoms. The van der Waals surface area contributed by atoms with Gasteiger partial charge in [0.1, 0.15) is 11.2 Å². The van der Waals surface area contributed by atoms with Crippen molar-refractivity contribution in [3.63, 3.8) is 0 Å². The summed E-state index contributed by atoms with van der Waals surface area (Å²) in [5, 5.41) is 5.24. The van der Waals surface area contributed by atoms with E-state index >= 15 is 0 Å². The van der Waals surface area contributed by atoms with Gasteiger partial charge in [0.05, 0.1) is 5.52 Å². The normalized spacial score (nSPS) is 10.9. The van der Waals surface area contributed by atoms with Crippen molar-refractivity contribution in [2.75, 3.05) is 11.6 Å². The van der Waals surface area contributed by atoms with Crippen molar-refractivity contribution in [1.82, 2.24) is 9.55 Å². The van der Waals surface area contributed by atoms with Gasteiger partial charge in [-0.25, -0.2) is 4.98 Å². The highest BCUT2D eigenvalue weighted by Crippen LogP contribution is 2.19. The first kappa shape index (κ1) is 16.7. The first-order valence-corrected chi connectivity index (χ1v) is 9.63. The van der Waals surface area contributed by atoms with Crippen LogP contribution in [0.15, 0.2) is 45.7 Å². The van der Waals surface area contributed by atoms with Crippen LogP contribution >= 0.6 is 23.1 Å². The maximum Gasteiger partial charge on any atom is 0.272 e. The lowest BCUT2D eigenvalue weighted by Gasteiger charge is -2.11. The highest BCUT2D eigenvalue weighted by atomic mass is 32.2. The largest absolute Gasteiger partial charge is 0.325 e. The molecular formula is C17H17N3O2S2. The van der Waals surface area contributed by atoms with Crippen LogP contribution in [0.3, 0.4) is 0 Å². The number of aryl methyl sites for hydroxylation is 1. The minimum atomic E-state index is -0.238. The molecule has 0 saturated heterocycles. The summed E-state index contributed by atoms with van der Waals surface area (Å²) in [5.41, 5.74) is 2.40. The van der Waals surface area contributed by atoms with E-state index in [9.17, 15) is 9.59 Å². The van der Waals surface area contributed by atoms with E-state index in [4.69, 9.17) is 0 Å². The van der Waals surface area contributed by atoms with Crippen LogP contribution < -0.4 is 10.9 Å². The van der Waals surface area contributed by atoms with Gasteiger partial charge < -0.3 is 5.32 Å². The molecule has 3 aromatic rings. The molecule has 1 amide bonds. The Morgan fingerprint density at radius 2 is 2.21 bits per heavy atom. The second-order valence-corrected chi connectivity index (χ2v) is 6.92. The molecule has 0 spiro atoms. The molecule has 0 unspecified atom stereocenters. The molecular weight excluding hydrogens is 342 g/mol. The van der Waals surface area contributed by atoms with Crippen LogP contribution in [0.5, 0.6) is 0 Å². The lowest BCUT2D eigenvalue weighted by molar-refractivity contribution is -0.116. The predicted octanol–water partition coefficient (Wildman–Crippen LogP) is 3.38. The number of nitrogens with one attached hydrogen (secondary N) is 1. The Bertz CT molecular complexity index is 946. The second kappa shape index (κ2) is 7.19. The van der Waals surface area contributed by atoms with E-state index in [0.29, 0.717) is 15.4 Å². The zero-order valence-electron chi connectivity index (χ0n) is 13.4. The molecule has 0 aliphatic rings. The maximum atomic E-state index is 12.6. The Balaban J connectivity index is 1.87. The highest BCUT2D eigenvalue weighted by molar-refractivity contribution is 7.98. The number of hydrogen-bond acceptors (Lipinski definition) is 5. The number of benzene rings is 1. The molecule has 0 bridgehead atoms. The van der Waals surface area contributed by atoms with Gasteiger partial charge in [-0.1, -0.05) is 30.8 Å². The third-order valence-corrected chi connectivity index (χ3v) is 5.20. The summed E-state index contributed by atoms with van der Waals surface area (Å²) in [6, 6.07) is 9.53. The van der Waals surface area contributed by atoms with Crippen molar-refractivity contribution in [3.8, 4) is 0 Å². The van der Waals surface area contributed by atoms with Gasteiger partial charge in [-0.05, 0) is 41.8 Å². The summed E-state index contributed by atoms with van der Waals surface area (Å²) in [5.74, 6) is -0.238. The molecule has 0 saturated carbocycles. The molecule has 5 nitrogen and oxygen atoms in total. The third kappa shape index (κ3) is 3.37. The number of carbonyl (C=O) groups excluding carboxylic acids is 1. The molecule has 0 aliphatic heterocycles. The molecule has 2 heterocycles. The fourth-order valence-corrected chi connectivity index (χ4v) is 3.77. The van der Waals surface area contributed by atoms with E-state index in [0.717, 1.165) is 17.7 Å². The van der Waals surface area contributed by atoms with Gasteiger partial charge in [-0.3, -0.25) is 14.2 Å². The summed E-state index contributed by atoms with van der Waals surface area (Å²) >= 11 is 2.71. The molecule has 1 N–H and O–H groups in total. The highest BCUT2D eigenvalue weighted by Gasteiger charge is 2.14. The van der Waals surface area contributed by atoms with E-state index < -0.39 is 0 Å². The Morgan fingerprint density at radius 1 is 1.38 bits per heavy atom. The minimum absolute atomic E-state index is 0.0494. The monoisotopic (exact) mass is 359 g/mol. The fraction of sp³-hybridized carbons (Fsp3) is 0.235. The second-order valence-electron chi connectivity index (χ2n) is 5.23. The fourth-order valence-electron chi connectivity index (χ4n) is 2.43. The van der Waals surface area contributed by atoms with Crippen LogP contribution in [0.25, 0.3) is 10.2 Å². The van der Waals surface area contributed by atoms with Crippen molar-refractivity contribution < 1.29 is 4.79 Å². The average Bonchev–Trinajstić information content (AvgIpc) is 3.06. The van der Waals surface area contributed by atoms with Crippen LogP contribution in [-0.2, 0) is 17.8 Å². The number of aromatic nitrogens is 2. The molecule has 2 aromatic heterocycles.